The van der Waals surface area contributed by atoms with Crippen LogP contribution in [0.25, 0.3) is 0 Å². The summed E-state index contributed by atoms with van der Waals surface area (Å²) in [5, 5.41) is 10.7. The molecule has 0 fully saturated rings. The summed E-state index contributed by atoms with van der Waals surface area (Å²) in [5.41, 5.74) is 5.29. The van der Waals surface area contributed by atoms with Crippen molar-refractivity contribution in [1.82, 2.24) is 10.2 Å². The van der Waals surface area contributed by atoms with E-state index >= 15 is 0 Å². The lowest BCUT2D eigenvalue weighted by molar-refractivity contribution is 0.487. The second kappa shape index (κ2) is 3.74. The summed E-state index contributed by atoms with van der Waals surface area (Å²) >= 11 is 0. The maximum absolute atomic E-state index is 5.35. The van der Waals surface area contributed by atoms with Crippen LogP contribution < -0.4 is 11.1 Å². The Morgan fingerprint density at radius 1 is 1.38 bits per heavy atom. The van der Waals surface area contributed by atoms with Crippen LogP contribution in [0, 0.1) is 0 Å². The fourth-order valence-corrected chi connectivity index (χ4v) is 0.849. The summed E-state index contributed by atoms with van der Waals surface area (Å²) in [7, 11) is 0. The zero-order chi connectivity index (χ0) is 9.90. The van der Waals surface area contributed by atoms with E-state index in [4.69, 9.17) is 10.2 Å². The molecule has 0 bridgehead atoms. The molecule has 1 heterocycles. The van der Waals surface area contributed by atoms with Gasteiger partial charge in [0.25, 0.3) is 0 Å². The van der Waals surface area contributed by atoms with Crippen molar-refractivity contribution in [2.75, 3.05) is 11.9 Å². The van der Waals surface area contributed by atoms with E-state index in [0.29, 0.717) is 24.9 Å². The van der Waals surface area contributed by atoms with Gasteiger partial charge in [-0.15, -0.1) is 5.10 Å². The molecule has 1 rings (SSSR count). The minimum Gasteiger partial charge on any atom is -0.408 e. The average molecular weight is 184 g/mol. The maximum Gasteiger partial charge on any atom is 0.315 e. The molecule has 1 aromatic rings. The van der Waals surface area contributed by atoms with Gasteiger partial charge in [0.1, 0.15) is 0 Å². The summed E-state index contributed by atoms with van der Waals surface area (Å²) in [5.74, 6) is 0.578. The van der Waals surface area contributed by atoms with Gasteiger partial charge in [0.15, 0.2) is 0 Å². The highest BCUT2D eigenvalue weighted by Crippen LogP contribution is 2.12. The normalized spacial score (nSPS) is 11.7. The molecule has 0 saturated heterocycles. The van der Waals surface area contributed by atoms with E-state index in [1.807, 2.05) is 20.8 Å². The van der Waals surface area contributed by atoms with Gasteiger partial charge in [-0.2, -0.15) is 0 Å². The summed E-state index contributed by atoms with van der Waals surface area (Å²) in [6.07, 6.45) is 0.624. The number of nitrogens with zero attached hydrogens (tertiary/aromatic N) is 2. The molecule has 0 saturated carbocycles. The number of rotatable bonds is 3. The SMILES string of the molecule is CC(C)(C)Nc1nnc(CCN)o1. The number of aromatic nitrogens is 2. The lowest BCUT2D eigenvalue weighted by atomic mass is 10.1. The first-order valence-corrected chi connectivity index (χ1v) is 4.32. The van der Waals surface area contributed by atoms with Gasteiger partial charge in [-0.05, 0) is 20.8 Å². The minimum atomic E-state index is -0.0630. The number of nitrogens with two attached hydrogens (primary N) is 1. The van der Waals surface area contributed by atoms with Gasteiger partial charge in [-0.1, -0.05) is 5.10 Å². The molecule has 0 atom stereocenters. The van der Waals surface area contributed by atoms with E-state index in [-0.39, 0.29) is 5.54 Å². The van der Waals surface area contributed by atoms with Crippen molar-refractivity contribution in [3.05, 3.63) is 5.89 Å². The molecule has 0 aromatic carbocycles. The minimum absolute atomic E-state index is 0.0630. The maximum atomic E-state index is 5.35. The highest BCUT2D eigenvalue weighted by atomic mass is 16.4. The molecule has 0 amide bonds. The van der Waals surface area contributed by atoms with Crippen LogP contribution in [-0.4, -0.2) is 22.3 Å². The standard InChI is InChI=1S/C8H16N4O/c1-8(2,3)10-7-12-11-6(13-7)4-5-9/h4-5,9H2,1-3H3,(H,10,12). The Morgan fingerprint density at radius 2 is 2.08 bits per heavy atom. The molecule has 0 spiro atoms. The first kappa shape index (κ1) is 9.98. The highest BCUT2D eigenvalue weighted by Gasteiger charge is 2.13. The van der Waals surface area contributed by atoms with Crippen molar-refractivity contribution in [3.63, 3.8) is 0 Å². The van der Waals surface area contributed by atoms with Crippen molar-refractivity contribution in [3.8, 4) is 0 Å². The fraction of sp³-hybridized carbons (Fsp3) is 0.750. The Balaban J connectivity index is 2.59. The Kier molecular flexibility index (Phi) is 2.87. The third kappa shape index (κ3) is 3.42. The quantitative estimate of drug-likeness (QED) is 0.726. The van der Waals surface area contributed by atoms with Crippen molar-refractivity contribution >= 4 is 6.01 Å². The van der Waals surface area contributed by atoms with Gasteiger partial charge in [0.05, 0.1) is 0 Å². The Morgan fingerprint density at radius 3 is 2.62 bits per heavy atom. The van der Waals surface area contributed by atoms with E-state index in [1.165, 1.54) is 0 Å². The van der Waals surface area contributed by atoms with E-state index in [2.05, 4.69) is 15.5 Å². The Hall–Kier alpha value is -1.10. The fourth-order valence-electron chi connectivity index (χ4n) is 0.849. The molecule has 5 nitrogen and oxygen atoms in total. The molecule has 3 N–H and O–H groups in total. The molecule has 0 aliphatic carbocycles. The molecular formula is C8H16N4O. The van der Waals surface area contributed by atoms with E-state index < -0.39 is 0 Å². The van der Waals surface area contributed by atoms with Crippen LogP contribution in [-0.2, 0) is 6.42 Å². The summed E-state index contributed by atoms with van der Waals surface area (Å²) < 4.78 is 5.29. The van der Waals surface area contributed by atoms with Gasteiger partial charge in [0.2, 0.25) is 5.89 Å². The van der Waals surface area contributed by atoms with E-state index in [9.17, 15) is 0 Å². The van der Waals surface area contributed by atoms with Gasteiger partial charge < -0.3 is 15.5 Å². The number of anilines is 1. The summed E-state index contributed by atoms with van der Waals surface area (Å²) in [4.78, 5) is 0. The molecule has 0 aliphatic rings. The molecule has 0 aliphatic heterocycles. The molecule has 0 radical (unpaired) electrons. The number of nitrogens with one attached hydrogen (secondary N) is 1. The largest absolute Gasteiger partial charge is 0.408 e. The van der Waals surface area contributed by atoms with Gasteiger partial charge in [-0.3, -0.25) is 0 Å². The molecule has 74 valence electrons. The van der Waals surface area contributed by atoms with Gasteiger partial charge >= 0.3 is 6.01 Å². The van der Waals surface area contributed by atoms with Gasteiger partial charge in [-0.25, -0.2) is 0 Å². The van der Waals surface area contributed by atoms with Crippen LogP contribution in [0.4, 0.5) is 6.01 Å². The van der Waals surface area contributed by atoms with Crippen LogP contribution in [0.2, 0.25) is 0 Å². The van der Waals surface area contributed by atoms with Crippen molar-refractivity contribution in [2.24, 2.45) is 5.73 Å². The van der Waals surface area contributed by atoms with E-state index in [0.717, 1.165) is 0 Å². The second-order valence-corrected chi connectivity index (χ2v) is 3.91. The third-order valence-electron chi connectivity index (χ3n) is 1.31. The summed E-state index contributed by atoms with van der Waals surface area (Å²) in [6, 6.07) is 0.455. The second-order valence-electron chi connectivity index (χ2n) is 3.91. The highest BCUT2D eigenvalue weighted by molar-refractivity contribution is 5.21. The first-order chi connectivity index (χ1) is 6.01. The lowest BCUT2D eigenvalue weighted by Crippen LogP contribution is -2.26. The molecule has 5 heteroatoms. The Labute approximate surface area is 77.7 Å². The smallest absolute Gasteiger partial charge is 0.315 e. The number of hydrogen-bond donors (Lipinski definition) is 2. The number of hydrogen-bond acceptors (Lipinski definition) is 5. The zero-order valence-electron chi connectivity index (χ0n) is 8.29. The predicted molar refractivity (Wildman–Crippen MR) is 50.4 cm³/mol. The topological polar surface area (TPSA) is 77.0 Å². The van der Waals surface area contributed by atoms with Crippen LogP contribution in [0.3, 0.4) is 0 Å². The first-order valence-electron chi connectivity index (χ1n) is 4.32. The van der Waals surface area contributed by atoms with Crippen molar-refractivity contribution in [1.29, 1.82) is 0 Å². The third-order valence-corrected chi connectivity index (χ3v) is 1.31. The molecule has 13 heavy (non-hydrogen) atoms. The van der Waals surface area contributed by atoms with Crippen LogP contribution in [0.1, 0.15) is 26.7 Å². The van der Waals surface area contributed by atoms with E-state index in [1.54, 1.807) is 0 Å². The molecular weight excluding hydrogens is 168 g/mol. The van der Waals surface area contributed by atoms with Gasteiger partial charge in [0, 0.05) is 18.5 Å². The lowest BCUT2D eigenvalue weighted by Gasteiger charge is -2.17. The molecule has 1 aromatic heterocycles. The predicted octanol–water partition coefficient (Wildman–Crippen LogP) is 0.781. The average Bonchev–Trinajstić information content (AvgIpc) is 2.33. The molecule has 0 unspecified atom stereocenters. The Bertz CT molecular complexity index is 263. The van der Waals surface area contributed by atoms with Crippen LogP contribution in [0.5, 0.6) is 0 Å². The van der Waals surface area contributed by atoms with Crippen molar-refractivity contribution < 1.29 is 4.42 Å². The summed E-state index contributed by atoms with van der Waals surface area (Å²) in [6.45, 7) is 6.61. The van der Waals surface area contributed by atoms with Crippen LogP contribution >= 0.6 is 0 Å². The van der Waals surface area contributed by atoms with Crippen molar-refractivity contribution in [2.45, 2.75) is 32.7 Å². The zero-order valence-corrected chi connectivity index (χ0v) is 8.29. The monoisotopic (exact) mass is 184 g/mol. The van der Waals surface area contributed by atoms with Crippen LogP contribution in [0.15, 0.2) is 4.42 Å².